The van der Waals surface area contributed by atoms with E-state index in [-0.39, 0.29) is 0 Å². The molecule has 0 amide bonds. The van der Waals surface area contributed by atoms with E-state index in [9.17, 15) is 0 Å². The summed E-state index contributed by atoms with van der Waals surface area (Å²) in [6.07, 6.45) is 0. The summed E-state index contributed by atoms with van der Waals surface area (Å²) in [4.78, 5) is 0. The van der Waals surface area contributed by atoms with Gasteiger partial charge in [-0.05, 0) is 37.6 Å². The number of nitrogens with one attached hydrogen (secondary N) is 2. The van der Waals surface area contributed by atoms with Gasteiger partial charge in [0.25, 0.3) is 0 Å². The van der Waals surface area contributed by atoms with Crippen LogP contribution in [0.3, 0.4) is 0 Å². The summed E-state index contributed by atoms with van der Waals surface area (Å²) in [7, 11) is 1.69. The van der Waals surface area contributed by atoms with Gasteiger partial charge in [0.15, 0.2) is 0 Å². The lowest BCUT2D eigenvalue weighted by atomic mass is 10.1. The fourth-order valence-corrected chi connectivity index (χ4v) is 2.20. The highest BCUT2D eigenvalue weighted by Gasteiger charge is 2.00. The minimum Gasteiger partial charge on any atom is -0.495 e. The van der Waals surface area contributed by atoms with E-state index in [4.69, 9.17) is 4.74 Å². The van der Waals surface area contributed by atoms with Crippen LogP contribution in [-0.2, 0) is 0 Å². The van der Waals surface area contributed by atoms with Crippen molar-refractivity contribution >= 4 is 11.4 Å². The highest BCUT2D eigenvalue weighted by atomic mass is 16.5. The molecule has 3 heteroatoms. The first-order chi connectivity index (χ1) is 9.70. The van der Waals surface area contributed by atoms with Gasteiger partial charge in [-0.2, -0.15) is 0 Å². The molecule has 0 heterocycles. The molecule has 0 saturated heterocycles. The van der Waals surface area contributed by atoms with Crippen LogP contribution in [-0.4, -0.2) is 20.2 Å². The summed E-state index contributed by atoms with van der Waals surface area (Å²) in [6, 6.07) is 14.4. The second-order valence-corrected chi connectivity index (χ2v) is 4.87. The number of para-hydroxylation sites is 2. The first kappa shape index (κ1) is 14.3. The standard InChI is InChI=1S/C17H22N2O/c1-13-8-9-15(14(2)12-13)18-10-11-19-16-6-4-5-7-17(16)20-3/h4-9,12,18-19H,10-11H2,1-3H3. The van der Waals surface area contributed by atoms with E-state index < -0.39 is 0 Å². The molecule has 0 bridgehead atoms. The first-order valence-electron chi connectivity index (χ1n) is 6.88. The van der Waals surface area contributed by atoms with E-state index >= 15 is 0 Å². The van der Waals surface area contributed by atoms with Gasteiger partial charge in [-0.1, -0.05) is 29.8 Å². The maximum Gasteiger partial charge on any atom is 0.141 e. The Bertz CT molecular complexity index is 567. The predicted molar refractivity (Wildman–Crippen MR) is 85.9 cm³/mol. The average molecular weight is 270 g/mol. The lowest BCUT2D eigenvalue weighted by molar-refractivity contribution is 0.416. The molecule has 0 fully saturated rings. The van der Waals surface area contributed by atoms with Gasteiger partial charge >= 0.3 is 0 Å². The largest absolute Gasteiger partial charge is 0.495 e. The molecule has 3 nitrogen and oxygen atoms in total. The Morgan fingerprint density at radius 3 is 2.30 bits per heavy atom. The van der Waals surface area contributed by atoms with Crippen molar-refractivity contribution in [3.05, 3.63) is 53.6 Å². The first-order valence-corrected chi connectivity index (χ1v) is 6.88. The minimum absolute atomic E-state index is 0.841. The second kappa shape index (κ2) is 6.85. The number of ether oxygens (including phenoxy) is 1. The van der Waals surface area contributed by atoms with E-state index in [0.717, 1.165) is 24.5 Å². The highest BCUT2D eigenvalue weighted by Crippen LogP contribution is 2.22. The Morgan fingerprint density at radius 2 is 1.60 bits per heavy atom. The molecule has 2 aromatic carbocycles. The molecule has 20 heavy (non-hydrogen) atoms. The van der Waals surface area contributed by atoms with E-state index in [1.165, 1.54) is 16.8 Å². The van der Waals surface area contributed by atoms with Crippen molar-refractivity contribution in [1.29, 1.82) is 0 Å². The summed E-state index contributed by atoms with van der Waals surface area (Å²) in [5.41, 5.74) is 4.79. The van der Waals surface area contributed by atoms with E-state index in [0.29, 0.717) is 0 Å². The molecule has 0 spiro atoms. The molecule has 2 rings (SSSR count). The molecule has 0 aliphatic rings. The van der Waals surface area contributed by atoms with Crippen LogP contribution in [0.4, 0.5) is 11.4 Å². The van der Waals surface area contributed by atoms with Crippen LogP contribution >= 0.6 is 0 Å². The van der Waals surface area contributed by atoms with Gasteiger partial charge in [0, 0.05) is 18.8 Å². The predicted octanol–water partition coefficient (Wildman–Crippen LogP) is 3.84. The van der Waals surface area contributed by atoms with E-state index in [2.05, 4.69) is 42.7 Å². The van der Waals surface area contributed by atoms with Crippen molar-refractivity contribution < 1.29 is 4.74 Å². The maximum atomic E-state index is 5.31. The summed E-state index contributed by atoms with van der Waals surface area (Å²) in [6.45, 7) is 5.94. The zero-order valence-corrected chi connectivity index (χ0v) is 12.4. The molecule has 0 radical (unpaired) electrons. The van der Waals surface area contributed by atoms with Crippen molar-refractivity contribution in [2.45, 2.75) is 13.8 Å². The van der Waals surface area contributed by atoms with Gasteiger partial charge in [-0.3, -0.25) is 0 Å². The van der Waals surface area contributed by atoms with Crippen molar-refractivity contribution in [3.8, 4) is 5.75 Å². The number of methoxy groups -OCH3 is 1. The average Bonchev–Trinajstić information content (AvgIpc) is 2.46. The van der Waals surface area contributed by atoms with Crippen LogP contribution in [0.15, 0.2) is 42.5 Å². The minimum atomic E-state index is 0.841. The molecule has 0 saturated carbocycles. The zero-order valence-electron chi connectivity index (χ0n) is 12.4. The van der Waals surface area contributed by atoms with Crippen LogP contribution in [0.25, 0.3) is 0 Å². The Labute approximate surface area is 121 Å². The third-order valence-corrected chi connectivity index (χ3v) is 3.24. The van der Waals surface area contributed by atoms with Gasteiger partial charge in [0.2, 0.25) is 0 Å². The van der Waals surface area contributed by atoms with Crippen molar-refractivity contribution in [2.75, 3.05) is 30.8 Å². The third-order valence-electron chi connectivity index (χ3n) is 3.24. The molecule has 2 aromatic rings. The fraction of sp³-hybridized carbons (Fsp3) is 0.294. The van der Waals surface area contributed by atoms with Crippen LogP contribution in [0.5, 0.6) is 5.75 Å². The van der Waals surface area contributed by atoms with Crippen LogP contribution in [0.2, 0.25) is 0 Å². The highest BCUT2D eigenvalue weighted by molar-refractivity contribution is 5.56. The monoisotopic (exact) mass is 270 g/mol. The Morgan fingerprint density at radius 1 is 0.900 bits per heavy atom. The Balaban J connectivity index is 1.84. The summed E-state index contributed by atoms with van der Waals surface area (Å²) >= 11 is 0. The van der Waals surface area contributed by atoms with E-state index in [1.54, 1.807) is 7.11 Å². The number of rotatable bonds is 6. The number of hydrogen-bond donors (Lipinski definition) is 2. The summed E-state index contributed by atoms with van der Waals surface area (Å²) < 4.78 is 5.31. The topological polar surface area (TPSA) is 33.3 Å². The van der Waals surface area contributed by atoms with Crippen molar-refractivity contribution in [2.24, 2.45) is 0 Å². The molecule has 0 unspecified atom stereocenters. The van der Waals surface area contributed by atoms with Gasteiger partial charge in [0.05, 0.1) is 12.8 Å². The number of hydrogen-bond acceptors (Lipinski definition) is 3. The second-order valence-electron chi connectivity index (χ2n) is 4.87. The number of aryl methyl sites for hydroxylation is 2. The number of anilines is 2. The van der Waals surface area contributed by atoms with Crippen LogP contribution in [0.1, 0.15) is 11.1 Å². The van der Waals surface area contributed by atoms with Gasteiger partial charge in [-0.15, -0.1) is 0 Å². The van der Waals surface area contributed by atoms with Crippen molar-refractivity contribution in [3.63, 3.8) is 0 Å². The molecule has 0 aromatic heterocycles. The molecule has 106 valence electrons. The SMILES string of the molecule is COc1ccccc1NCCNc1ccc(C)cc1C. The van der Waals surface area contributed by atoms with Crippen molar-refractivity contribution in [1.82, 2.24) is 0 Å². The molecule has 0 atom stereocenters. The smallest absolute Gasteiger partial charge is 0.141 e. The normalized spacial score (nSPS) is 10.2. The summed E-state index contributed by atoms with van der Waals surface area (Å²) in [5.74, 6) is 0.874. The fourth-order valence-electron chi connectivity index (χ4n) is 2.20. The lowest BCUT2D eigenvalue weighted by Crippen LogP contribution is -2.14. The Kier molecular flexibility index (Phi) is 4.88. The molecule has 0 aliphatic carbocycles. The molecular formula is C17H22N2O. The van der Waals surface area contributed by atoms with Gasteiger partial charge in [-0.25, -0.2) is 0 Å². The molecule has 0 aliphatic heterocycles. The quantitative estimate of drug-likeness (QED) is 0.783. The molecular weight excluding hydrogens is 248 g/mol. The third kappa shape index (κ3) is 3.67. The lowest BCUT2D eigenvalue weighted by Gasteiger charge is -2.13. The number of benzene rings is 2. The summed E-state index contributed by atoms with van der Waals surface area (Å²) in [5, 5.41) is 6.82. The van der Waals surface area contributed by atoms with Crippen LogP contribution < -0.4 is 15.4 Å². The van der Waals surface area contributed by atoms with E-state index in [1.807, 2.05) is 24.3 Å². The Hall–Kier alpha value is -2.16. The van der Waals surface area contributed by atoms with Gasteiger partial charge < -0.3 is 15.4 Å². The van der Waals surface area contributed by atoms with Crippen LogP contribution in [0, 0.1) is 13.8 Å². The van der Waals surface area contributed by atoms with Gasteiger partial charge in [0.1, 0.15) is 5.75 Å². The maximum absolute atomic E-state index is 5.31. The zero-order chi connectivity index (χ0) is 14.4. The molecule has 2 N–H and O–H groups in total.